The highest BCUT2D eigenvalue weighted by atomic mass is 32.2. The lowest BCUT2D eigenvalue weighted by Gasteiger charge is -2.13. The van der Waals surface area contributed by atoms with E-state index in [-0.39, 0.29) is 29.7 Å². The molecule has 0 unspecified atom stereocenters. The van der Waals surface area contributed by atoms with E-state index < -0.39 is 20.9 Å². The van der Waals surface area contributed by atoms with Crippen LogP contribution in [0.5, 0.6) is 17.4 Å². The molecule has 1 aromatic heterocycles. The first kappa shape index (κ1) is 27.7. The fraction of sp³-hybridized carbons (Fsp3) is 0.391. The van der Waals surface area contributed by atoms with Crippen molar-refractivity contribution in [1.29, 1.82) is 0 Å². The molecule has 11 nitrogen and oxygen atoms in total. The summed E-state index contributed by atoms with van der Waals surface area (Å²) >= 11 is 0. The van der Waals surface area contributed by atoms with Crippen LogP contribution in [0.3, 0.4) is 0 Å². The molecule has 1 amide bonds. The molecule has 0 spiro atoms. The summed E-state index contributed by atoms with van der Waals surface area (Å²) in [6, 6.07) is 6.17. The highest BCUT2D eigenvalue weighted by Gasteiger charge is 2.15. The van der Waals surface area contributed by atoms with Crippen molar-refractivity contribution in [2.45, 2.75) is 33.1 Å². The number of ether oxygens (including phenoxy) is 3. The standard InChI is InChI=1S/C23H29N3O8S/c1-4-5-6-13-35(30,31)25-22(27)10-8-18-7-9-20(33-12-11-32-3)15-21(18)34-23-17(2)14-19(16-24-23)26(28)29/h7-10,14-16H,4-6,11-13H2,1-3H3,(H,25,27)/b10-8+. The molecule has 1 aromatic carbocycles. The second kappa shape index (κ2) is 13.4. The van der Waals surface area contributed by atoms with Gasteiger partial charge < -0.3 is 14.2 Å². The van der Waals surface area contributed by atoms with Crippen molar-refractivity contribution in [2.75, 3.05) is 26.1 Å². The Labute approximate surface area is 204 Å². The summed E-state index contributed by atoms with van der Waals surface area (Å²) in [6.07, 6.45) is 5.63. The van der Waals surface area contributed by atoms with Crippen LogP contribution >= 0.6 is 0 Å². The molecular formula is C23H29N3O8S. The van der Waals surface area contributed by atoms with Gasteiger partial charge in [-0.1, -0.05) is 19.8 Å². The number of aryl methyl sites for hydroxylation is 1. The van der Waals surface area contributed by atoms with E-state index in [0.29, 0.717) is 29.9 Å². The van der Waals surface area contributed by atoms with Gasteiger partial charge in [-0.15, -0.1) is 0 Å². The molecule has 12 heteroatoms. The molecule has 35 heavy (non-hydrogen) atoms. The summed E-state index contributed by atoms with van der Waals surface area (Å²) in [7, 11) is -2.19. The number of hydrogen-bond acceptors (Lipinski definition) is 9. The van der Waals surface area contributed by atoms with Crippen LogP contribution in [0.2, 0.25) is 0 Å². The Hall–Kier alpha value is -3.51. The Balaban J connectivity index is 2.26. The molecule has 0 aliphatic heterocycles. The van der Waals surface area contributed by atoms with Crippen molar-refractivity contribution in [3.8, 4) is 17.4 Å². The number of pyridine rings is 1. The van der Waals surface area contributed by atoms with E-state index in [4.69, 9.17) is 14.2 Å². The Morgan fingerprint density at radius 2 is 2.00 bits per heavy atom. The molecule has 2 rings (SSSR count). The number of amides is 1. The van der Waals surface area contributed by atoms with E-state index in [1.807, 2.05) is 11.6 Å². The SMILES string of the molecule is CCCCCS(=O)(=O)NC(=O)/C=C/c1ccc(OCCOC)cc1Oc1ncc([N+](=O)[O-])cc1C. The molecule has 0 saturated heterocycles. The number of carbonyl (C=O) groups is 1. The maximum atomic E-state index is 12.2. The van der Waals surface area contributed by atoms with Crippen LogP contribution in [0.25, 0.3) is 6.08 Å². The van der Waals surface area contributed by atoms with Gasteiger partial charge in [0, 0.05) is 36.4 Å². The highest BCUT2D eigenvalue weighted by molar-refractivity contribution is 7.90. The fourth-order valence-electron chi connectivity index (χ4n) is 2.88. The second-order valence-electron chi connectivity index (χ2n) is 7.54. The minimum atomic E-state index is -3.73. The molecule has 0 saturated carbocycles. The average Bonchev–Trinajstić information content (AvgIpc) is 2.79. The van der Waals surface area contributed by atoms with Crippen molar-refractivity contribution in [1.82, 2.24) is 9.71 Å². The fourth-order valence-corrected chi connectivity index (χ4v) is 3.94. The zero-order chi connectivity index (χ0) is 25.8. The van der Waals surface area contributed by atoms with Gasteiger partial charge >= 0.3 is 0 Å². The van der Waals surface area contributed by atoms with Crippen molar-refractivity contribution < 1.29 is 32.3 Å². The van der Waals surface area contributed by atoms with Gasteiger partial charge in [-0.3, -0.25) is 14.9 Å². The molecule has 190 valence electrons. The minimum absolute atomic E-state index is 0.127. The lowest BCUT2D eigenvalue weighted by Crippen LogP contribution is -2.31. The van der Waals surface area contributed by atoms with Crippen molar-refractivity contribution in [2.24, 2.45) is 0 Å². The first-order valence-corrected chi connectivity index (χ1v) is 12.6. The average molecular weight is 508 g/mol. The molecule has 1 heterocycles. The monoisotopic (exact) mass is 507 g/mol. The van der Waals surface area contributed by atoms with Crippen LogP contribution in [-0.4, -0.2) is 50.3 Å². The predicted octanol–water partition coefficient (Wildman–Crippen LogP) is 3.77. The Morgan fingerprint density at radius 1 is 1.23 bits per heavy atom. The summed E-state index contributed by atoms with van der Waals surface area (Å²) < 4.78 is 42.6. The van der Waals surface area contributed by atoms with Gasteiger partial charge in [0.05, 0.1) is 17.3 Å². The van der Waals surface area contributed by atoms with Crippen LogP contribution in [0, 0.1) is 17.0 Å². The van der Waals surface area contributed by atoms with E-state index in [1.165, 1.54) is 12.1 Å². The molecule has 0 aliphatic carbocycles. The molecular weight excluding hydrogens is 478 g/mol. The topological polar surface area (TPSA) is 147 Å². The summed E-state index contributed by atoms with van der Waals surface area (Å²) in [5, 5.41) is 11.0. The maximum Gasteiger partial charge on any atom is 0.288 e. The molecule has 0 atom stereocenters. The number of benzene rings is 1. The molecule has 0 fully saturated rings. The number of aromatic nitrogens is 1. The van der Waals surface area contributed by atoms with E-state index in [0.717, 1.165) is 25.1 Å². The van der Waals surface area contributed by atoms with Gasteiger partial charge in [0.15, 0.2) is 0 Å². The first-order chi connectivity index (χ1) is 16.6. The zero-order valence-electron chi connectivity index (χ0n) is 19.9. The van der Waals surface area contributed by atoms with Gasteiger partial charge in [-0.2, -0.15) is 0 Å². The number of methoxy groups -OCH3 is 1. The van der Waals surface area contributed by atoms with Crippen LogP contribution < -0.4 is 14.2 Å². The lowest BCUT2D eigenvalue weighted by atomic mass is 10.1. The van der Waals surface area contributed by atoms with E-state index in [9.17, 15) is 23.3 Å². The molecule has 2 aromatic rings. The third-order valence-corrected chi connectivity index (χ3v) is 6.00. The number of nitrogens with zero attached hydrogens (tertiary/aromatic N) is 2. The predicted molar refractivity (Wildman–Crippen MR) is 130 cm³/mol. The first-order valence-electron chi connectivity index (χ1n) is 10.9. The summed E-state index contributed by atoms with van der Waals surface area (Å²) in [5.74, 6) is -0.0939. The number of unbranched alkanes of at least 4 members (excludes halogenated alkanes) is 2. The van der Waals surface area contributed by atoms with Crippen LogP contribution in [0.1, 0.15) is 37.3 Å². The number of sulfonamides is 1. The Morgan fingerprint density at radius 3 is 2.66 bits per heavy atom. The smallest absolute Gasteiger partial charge is 0.288 e. The van der Waals surface area contributed by atoms with Crippen molar-refractivity contribution in [3.05, 3.63) is 57.8 Å². The summed E-state index contributed by atoms with van der Waals surface area (Å²) in [5.41, 5.74) is 0.682. The van der Waals surface area contributed by atoms with Crippen LogP contribution in [-0.2, 0) is 19.6 Å². The number of nitrogens with one attached hydrogen (secondary N) is 1. The summed E-state index contributed by atoms with van der Waals surface area (Å²) in [4.78, 5) is 26.6. The number of nitro groups is 1. The number of carbonyl (C=O) groups excluding carboxylic acids is 1. The van der Waals surface area contributed by atoms with Gasteiger partial charge in [0.1, 0.15) is 24.3 Å². The van der Waals surface area contributed by atoms with Gasteiger partial charge in [0.25, 0.3) is 11.6 Å². The van der Waals surface area contributed by atoms with E-state index in [2.05, 4.69) is 4.98 Å². The molecule has 0 bridgehead atoms. The largest absolute Gasteiger partial charge is 0.491 e. The zero-order valence-corrected chi connectivity index (χ0v) is 20.7. The van der Waals surface area contributed by atoms with Crippen LogP contribution in [0.4, 0.5) is 5.69 Å². The van der Waals surface area contributed by atoms with Crippen molar-refractivity contribution in [3.63, 3.8) is 0 Å². The Kier molecular flexibility index (Phi) is 10.6. The molecule has 1 N–H and O–H groups in total. The van der Waals surface area contributed by atoms with Crippen LogP contribution in [0.15, 0.2) is 36.5 Å². The lowest BCUT2D eigenvalue weighted by molar-refractivity contribution is -0.385. The second-order valence-corrected chi connectivity index (χ2v) is 9.38. The molecule has 0 aliphatic rings. The normalized spacial score (nSPS) is 11.4. The quantitative estimate of drug-likeness (QED) is 0.175. The third kappa shape index (κ3) is 9.33. The van der Waals surface area contributed by atoms with Gasteiger partial charge in [0.2, 0.25) is 15.9 Å². The van der Waals surface area contributed by atoms with Gasteiger partial charge in [-0.05, 0) is 31.6 Å². The van der Waals surface area contributed by atoms with Gasteiger partial charge in [-0.25, -0.2) is 18.1 Å². The Bertz CT molecular complexity index is 1170. The van der Waals surface area contributed by atoms with Crippen molar-refractivity contribution >= 4 is 27.7 Å². The highest BCUT2D eigenvalue weighted by Crippen LogP contribution is 2.32. The van der Waals surface area contributed by atoms with E-state index in [1.54, 1.807) is 32.2 Å². The third-order valence-electron chi connectivity index (χ3n) is 4.66. The maximum absolute atomic E-state index is 12.2. The number of rotatable bonds is 14. The molecule has 0 radical (unpaired) electrons. The van der Waals surface area contributed by atoms with E-state index >= 15 is 0 Å². The minimum Gasteiger partial charge on any atom is -0.491 e. The number of hydrogen-bond donors (Lipinski definition) is 1. The summed E-state index contributed by atoms with van der Waals surface area (Å²) in [6.45, 7) is 4.22.